The summed E-state index contributed by atoms with van der Waals surface area (Å²) in [4.78, 5) is 18.6. The highest BCUT2D eigenvalue weighted by atomic mass is 31.1. The molecule has 37 heavy (non-hydrogen) atoms. The number of anilines is 2. The molecule has 194 valence electrons. The number of hydrogen-bond acceptors (Lipinski definition) is 8. The van der Waals surface area contributed by atoms with Crippen LogP contribution in [0.4, 0.5) is 11.9 Å². The van der Waals surface area contributed by atoms with Gasteiger partial charge in [-0.2, -0.15) is 4.98 Å². The van der Waals surface area contributed by atoms with Crippen LogP contribution >= 0.6 is 8.03 Å². The lowest BCUT2D eigenvalue weighted by Gasteiger charge is -2.37. The second kappa shape index (κ2) is 11.4. The first-order chi connectivity index (χ1) is 18.0. The molecule has 3 heterocycles. The number of aromatic nitrogens is 4. The highest BCUT2D eigenvalue weighted by molar-refractivity contribution is 7.38. The van der Waals surface area contributed by atoms with Crippen molar-refractivity contribution in [3.8, 4) is 5.88 Å². The number of hydrogen-bond donors (Lipinski definition) is 0. The van der Waals surface area contributed by atoms with E-state index in [0.717, 1.165) is 56.6 Å². The minimum absolute atomic E-state index is 0.0989. The maximum absolute atomic E-state index is 11.1. The molecule has 2 aliphatic rings. The first kappa shape index (κ1) is 25.4. The van der Waals surface area contributed by atoms with Gasteiger partial charge >= 0.3 is 8.03 Å². The fourth-order valence-electron chi connectivity index (χ4n) is 4.91. The molecule has 0 saturated carbocycles. The van der Waals surface area contributed by atoms with Gasteiger partial charge in [0.05, 0.1) is 17.2 Å². The molecule has 3 aromatic rings. The van der Waals surface area contributed by atoms with Crippen molar-refractivity contribution in [2.75, 3.05) is 43.4 Å². The Balaban J connectivity index is 1.29. The van der Waals surface area contributed by atoms with Crippen molar-refractivity contribution in [1.82, 2.24) is 19.5 Å². The molecule has 1 saturated heterocycles. The Labute approximate surface area is 218 Å². The van der Waals surface area contributed by atoms with Crippen LogP contribution in [-0.2, 0) is 15.6 Å². The molecule has 1 aliphatic carbocycles. The average molecular weight is 522 g/mol. The zero-order valence-corrected chi connectivity index (χ0v) is 22.6. The van der Waals surface area contributed by atoms with E-state index in [4.69, 9.17) is 14.2 Å². The summed E-state index contributed by atoms with van der Waals surface area (Å²) < 4.78 is 24.0. The van der Waals surface area contributed by atoms with Crippen LogP contribution in [0.25, 0.3) is 12.2 Å². The Kier molecular flexibility index (Phi) is 7.82. The smallest absolute Gasteiger partial charge is 0.446 e. The van der Waals surface area contributed by atoms with Gasteiger partial charge in [0.15, 0.2) is 6.66 Å². The van der Waals surface area contributed by atoms with Crippen LogP contribution in [-0.4, -0.2) is 59.2 Å². The van der Waals surface area contributed by atoms with E-state index in [-0.39, 0.29) is 6.79 Å². The molecule has 1 unspecified atom stereocenters. The molecule has 0 bridgehead atoms. The molecular formula is C27H34N6O3P+. The predicted molar refractivity (Wildman–Crippen MR) is 146 cm³/mol. The molecule has 9 nitrogen and oxygen atoms in total. The lowest BCUT2D eigenvalue weighted by Crippen LogP contribution is -2.45. The van der Waals surface area contributed by atoms with Crippen molar-refractivity contribution < 1.29 is 13.8 Å². The van der Waals surface area contributed by atoms with Gasteiger partial charge in [-0.1, -0.05) is 42.0 Å². The molecule has 0 N–H and O–H groups in total. The minimum Gasteiger partial charge on any atom is -0.446 e. The standard InChI is InChI=1S/C27H34N6O3P/c1-20-8-10-21(11-9-20)18-33-24-7-5-4-6-23(24)29-27(33)32-16-13-22(14-17-32)31(2)26-28-15-12-25(30-26)35-19-36-37(3)34/h6-12,15,22H,4-5,13-14,16-19H2,1-3H3/q+1. The van der Waals surface area contributed by atoms with Gasteiger partial charge in [-0.25, -0.2) is 9.97 Å². The van der Waals surface area contributed by atoms with E-state index < -0.39 is 8.03 Å². The van der Waals surface area contributed by atoms with Crippen LogP contribution < -0.4 is 25.2 Å². The van der Waals surface area contributed by atoms with E-state index in [0.29, 0.717) is 17.9 Å². The van der Waals surface area contributed by atoms with E-state index in [1.165, 1.54) is 23.1 Å². The third kappa shape index (κ3) is 6.00. The monoisotopic (exact) mass is 521 g/mol. The summed E-state index contributed by atoms with van der Waals surface area (Å²) in [5, 5.41) is 2.34. The molecule has 1 fully saturated rings. The number of aryl methyl sites for hydroxylation is 1. The molecule has 1 aliphatic heterocycles. The third-order valence-electron chi connectivity index (χ3n) is 6.99. The van der Waals surface area contributed by atoms with Gasteiger partial charge < -0.3 is 19.1 Å². The summed E-state index contributed by atoms with van der Waals surface area (Å²) in [6.45, 7) is 6.15. The second-order valence-electron chi connectivity index (χ2n) is 9.59. The summed E-state index contributed by atoms with van der Waals surface area (Å²) >= 11 is 0. The lowest BCUT2D eigenvalue weighted by atomic mass is 10.0. The number of fused-ring (bicyclic) bond motifs is 1. The van der Waals surface area contributed by atoms with Crippen LogP contribution in [0.2, 0.25) is 0 Å². The lowest BCUT2D eigenvalue weighted by molar-refractivity contribution is 0.124. The van der Waals surface area contributed by atoms with Crippen LogP contribution in [0.3, 0.4) is 0 Å². The van der Waals surface area contributed by atoms with Crippen molar-refractivity contribution >= 4 is 32.1 Å². The molecule has 5 rings (SSSR count). The van der Waals surface area contributed by atoms with Crippen molar-refractivity contribution in [1.29, 1.82) is 0 Å². The molecular weight excluding hydrogens is 487 g/mol. The first-order valence-electron chi connectivity index (χ1n) is 12.8. The predicted octanol–water partition coefficient (Wildman–Crippen LogP) is 3.21. The van der Waals surface area contributed by atoms with Crippen molar-refractivity contribution in [2.24, 2.45) is 0 Å². The Bertz CT molecular complexity index is 1370. The van der Waals surface area contributed by atoms with E-state index in [2.05, 4.69) is 67.7 Å². The Morgan fingerprint density at radius 3 is 2.59 bits per heavy atom. The van der Waals surface area contributed by atoms with Gasteiger partial charge in [0.25, 0.3) is 0 Å². The first-order valence-corrected chi connectivity index (χ1v) is 14.4. The number of ether oxygens (including phenoxy) is 1. The van der Waals surface area contributed by atoms with Crippen LogP contribution in [0.15, 0.2) is 36.5 Å². The minimum atomic E-state index is -1.71. The quantitative estimate of drug-likeness (QED) is 0.314. The fourth-order valence-corrected chi connectivity index (χ4v) is 5.11. The van der Waals surface area contributed by atoms with Crippen molar-refractivity contribution in [3.05, 3.63) is 58.4 Å². The maximum atomic E-state index is 11.1. The van der Waals surface area contributed by atoms with Crippen molar-refractivity contribution in [3.63, 3.8) is 0 Å². The normalized spacial score (nSPS) is 16.0. The van der Waals surface area contributed by atoms with E-state index >= 15 is 0 Å². The average Bonchev–Trinajstić information content (AvgIpc) is 3.28. The number of piperidine rings is 1. The zero-order valence-electron chi connectivity index (χ0n) is 21.7. The molecule has 0 amide bonds. The molecule has 10 heteroatoms. The Hall–Kier alpha value is -3.29. The highest BCUT2D eigenvalue weighted by Gasteiger charge is 2.27. The summed E-state index contributed by atoms with van der Waals surface area (Å²) in [7, 11) is 0.314. The van der Waals surface area contributed by atoms with Crippen LogP contribution in [0, 0.1) is 6.92 Å². The fraction of sp³-hybridized carbons (Fsp3) is 0.444. The van der Waals surface area contributed by atoms with Gasteiger partial charge in [-0.05, 0) is 42.7 Å². The molecule has 0 radical (unpaired) electrons. The molecule has 0 spiro atoms. The Morgan fingerprint density at radius 1 is 1.08 bits per heavy atom. The number of benzene rings is 1. The largest absolute Gasteiger partial charge is 0.508 e. The summed E-state index contributed by atoms with van der Waals surface area (Å²) in [5.74, 6) is 2.07. The zero-order chi connectivity index (χ0) is 25.8. The van der Waals surface area contributed by atoms with Gasteiger partial charge in [-0.15, -0.1) is 4.52 Å². The Morgan fingerprint density at radius 2 is 1.84 bits per heavy atom. The van der Waals surface area contributed by atoms with E-state index in [1.54, 1.807) is 12.3 Å². The van der Waals surface area contributed by atoms with Gasteiger partial charge in [0.2, 0.25) is 24.6 Å². The number of imidazole rings is 1. The maximum Gasteiger partial charge on any atom is 0.508 e. The van der Waals surface area contributed by atoms with Gasteiger partial charge in [0, 0.05) is 38.4 Å². The van der Waals surface area contributed by atoms with Gasteiger partial charge in [0.1, 0.15) is 0 Å². The van der Waals surface area contributed by atoms with Crippen LogP contribution in [0.1, 0.15) is 36.8 Å². The summed E-state index contributed by atoms with van der Waals surface area (Å²) in [6.07, 6.45) is 10.3. The SMILES string of the molecule is Cc1ccc(Cn2c(N3CCC(N(C)c4nccc(OCO[P+](C)=O)n4)CC3)nc3c2=CCCC=3)cc1. The summed E-state index contributed by atoms with van der Waals surface area (Å²) in [6, 6.07) is 10.8. The third-order valence-corrected chi connectivity index (χ3v) is 7.46. The number of rotatable bonds is 9. The van der Waals surface area contributed by atoms with Crippen molar-refractivity contribution in [2.45, 2.75) is 45.2 Å². The number of nitrogens with zero attached hydrogens (tertiary/aromatic N) is 6. The van der Waals surface area contributed by atoms with Gasteiger partial charge in [-0.3, -0.25) is 0 Å². The molecule has 2 aromatic heterocycles. The van der Waals surface area contributed by atoms with E-state index in [9.17, 15) is 4.57 Å². The highest BCUT2D eigenvalue weighted by Crippen LogP contribution is 2.24. The van der Waals surface area contributed by atoms with E-state index in [1.807, 2.05) is 7.05 Å². The van der Waals surface area contributed by atoms with Crippen LogP contribution in [0.5, 0.6) is 5.88 Å². The molecule has 1 aromatic carbocycles. The molecule has 1 atom stereocenters. The summed E-state index contributed by atoms with van der Waals surface area (Å²) in [5.41, 5.74) is 2.56. The topological polar surface area (TPSA) is 85.6 Å². The second-order valence-corrected chi connectivity index (χ2v) is 10.7.